The third-order valence-corrected chi connectivity index (χ3v) is 4.38. The van der Waals surface area contributed by atoms with Crippen LogP contribution in [0.3, 0.4) is 0 Å². The summed E-state index contributed by atoms with van der Waals surface area (Å²) in [5, 5.41) is 9.59. The number of nitriles is 1. The smallest absolute Gasteiger partial charge is 0.315 e. The first-order valence-corrected chi connectivity index (χ1v) is 9.20. The van der Waals surface area contributed by atoms with Crippen LogP contribution >= 0.6 is 11.6 Å². The van der Waals surface area contributed by atoms with Crippen LogP contribution in [0.2, 0.25) is 0 Å². The Morgan fingerprint density at radius 3 is 2.89 bits per heavy atom. The molecule has 0 N–H and O–H groups in total. The molecule has 2 heterocycles. The van der Waals surface area contributed by atoms with Crippen molar-refractivity contribution >= 4 is 34.8 Å². The molecule has 27 heavy (non-hydrogen) atoms. The van der Waals surface area contributed by atoms with Crippen LogP contribution in [0, 0.1) is 17.2 Å². The first kappa shape index (κ1) is 20.8. The zero-order chi connectivity index (χ0) is 20.0. The number of hydrogen-bond acceptors (Lipinski definition) is 6. The van der Waals surface area contributed by atoms with Gasteiger partial charge in [-0.1, -0.05) is 17.7 Å². The van der Waals surface area contributed by atoms with E-state index in [0.29, 0.717) is 30.1 Å². The molecule has 1 aromatic heterocycles. The molecule has 2 rings (SSSR count). The number of rotatable bonds is 4. The highest BCUT2D eigenvalue weighted by Gasteiger charge is 2.27. The number of hydrogen-bond donors (Lipinski definition) is 0. The molecule has 0 saturated carbocycles. The predicted molar refractivity (Wildman–Crippen MR) is 106 cm³/mol. The van der Waals surface area contributed by atoms with Gasteiger partial charge in [0, 0.05) is 5.71 Å². The van der Waals surface area contributed by atoms with Gasteiger partial charge in [0.15, 0.2) is 5.82 Å². The summed E-state index contributed by atoms with van der Waals surface area (Å²) in [7, 11) is 0. The molecule has 1 atom stereocenters. The maximum Gasteiger partial charge on any atom is 0.315 e. The second kappa shape index (κ2) is 8.92. The lowest BCUT2D eigenvalue weighted by atomic mass is 9.91. The van der Waals surface area contributed by atoms with Crippen molar-refractivity contribution in [1.29, 1.82) is 5.26 Å². The molecule has 0 radical (unpaired) electrons. The lowest BCUT2D eigenvalue weighted by Gasteiger charge is -2.18. The summed E-state index contributed by atoms with van der Waals surface area (Å²) in [5.74, 6) is -0.499. The normalized spacial score (nSPS) is 21.3. The van der Waals surface area contributed by atoms with Gasteiger partial charge in [-0.2, -0.15) is 5.26 Å². The number of carbonyl (C=O) groups is 1. The minimum Gasteiger partial charge on any atom is -0.465 e. The van der Waals surface area contributed by atoms with Gasteiger partial charge in [0.25, 0.3) is 0 Å². The molecule has 0 aliphatic carbocycles. The van der Waals surface area contributed by atoms with Crippen LogP contribution < -0.4 is 0 Å². The van der Waals surface area contributed by atoms with Crippen molar-refractivity contribution in [3.63, 3.8) is 0 Å². The summed E-state index contributed by atoms with van der Waals surface area (Å²) in [5.41, 5.74) is 1.16. The molecule has 1 unspecified atom stereocenters. The van der Waals surface area contributed by atoms with Crippen molar-refractivity contribution in [2.45, 2.75) is 46.0 Å². The number of carbonyl (C=O) groups excluding carboxylic acids is 1. The molecule has 0 amide bonds. The highest BCUT2D eigenvalue weighted by molar-refractivity contribution is 6.32. The molecule has 0 saturated heterocycles. The molecule has 142 valence electrons. The van der Waals surface area contributed by atoms with Crippen molar-refractivity contribution in [2.24, 2.45) is 15.9 Å². The zero-order valence-electron chi connectivity index (χ0n) is 16.0. The van der Waals surface area contributed by atoms with E-state index in [2.05, 4.69) is 21.0 Å². The van der Waals surface area contributed by atoms with Crippen LogP contribution in [0.4, 0.5) is 5.82 Å². The van der Waals surface area contributed by atoms with Gasteiger partial charge in [-0.25, -0.2) is 15.0 Å². The predicted octanol–water partition coefficient (Wildman–Crippen LogP) is 4.47. The zero-order valence-corrected chi connectivity index (χ0v) is 16.7. The Morgan fingerprint density at radius 2 is 2.22 bits per heavy atom. The van der Waals surface area contributed by atoms with Crippen LogP contribution in [-0.2, 0) is 14.9 Å². The number of ether oxygens (including phenoxy) is 1. The molecule has 0 bridgehead atoms. The average Bonchev–Trinajstić information content (AvgIpc) is 2.61. The summed E-state index contributed by atoms with van der Waals surface area (Å²) in [6.45, 7) is 7.50. The molecule has 1 aromatic rings. The molecular formula is C20H23ClN4O2. The highest BCUT2D eigenvalue weighted by atomic mass is 35.5. The summed E-state index contributed by atoms with van der Waals surface area (Å²) in [6.07, 6.45) is 2.72. The van der Waals surface area contributed by atoms with Crippen LogP contribution in [-0.4, -0.2) is 29.0 Å². The van der Waals surface area contributed by atoms with E-state index in [-0.39, 0.29) is 17.7 Å². The quantitative estimate of drug-likeness (QED) is 0.564. The monoisotopic (exact) mass is 386 g/mol. The Hall–Kier alpha value is -2.52. The number of halogens is 1. The van der Waals surface area contributed by atoms with Crippen molar-refractivity contribution in [3.05, 3.63) is 35.1 Å². The molecule has 7 heteroatoms. The number of aliphatic imine (C=N–C) groups is 2. The van der Waals surface area contributed by atoms with Gasteiger partial charge in [-0.15, -0.1) is 0 Å². The van der Waals surface area contributed by atoms with Crippen LogP contribution in [0.15, 0.2) is 39.4 Å². The van der Waals surface area contributed by atoms with E-state index in [1.807, 2.05) is 6.92 Å². The SMILES string of the molecule is CCOC(=O)C1CCC(C)=N/C(Cl)=C\C1=Nc1cccc(C(C)(C)C#N)n1. The number of nitrogens with zero attached hydrogens (tertiary/aromatic N) is 4. The number of pyridine rings is 1. The summed E-state index contributed by atoms with van der Waals surface area (Å²) < 4.78 is 5.22. The molecule has 0 fully saturated rings. The lowest BCUT2D eigenvalue weighted by Crippen LogP contribution is -2.27. The third kappa shape index (κ3) is 5.48. The first-order chi connectivity index (χ1) is 12.8. The van der Waals surface area contributed by atoms with Gasteiger partial charge in [0.2, 0.25) is 0 Å². The largest absolute Gasteiger partial charge is 0.465 e. The number of allylic oxidation sites excluding steroid dienone is 1. The van der Waals surface area contributed by atoms with Gasteiger partial charge in [0.05, 0.1) is 35.4 Å². The Labute approximate surface area is 164 Å². The van der Waals surface area contributed by atoms with Gasteiger partial charge in [0.1, 0.15) is 5.16 Å². The van der Waals surface area contributed by atoms with Crippen LogP contribution in [0.1, 0.15) is 46.2 Å². The topological polar surface area (TPSA) is 87.7 Å². The standard InChI is InChI=1S/C20H23ClN4O2/c1-5-27-19(26)14-10-9-13(2)23-17(21)11-15(14)24-18-8-6-7-16(25-18)20(3,4)12-22/h6-8,11,14H,5,9-10H2,1-4H3/b17-11-,23-13?,24-15?. The molecule has 0 spiro atoms. The minimum atomic E-state index is -0.743. The third-order valence-electron chi connectivity index (χ3n) is 4.19. The Balaban J connectivity index is 2.52. The van der Waals surface area contributed by atoms with E-state index < -0.39 is 11.3 Å². The van der Waals surface area contributed by atoms with Crippen molar-refractivity contribution in [3.8, 4) is 6.07 Å². The highest BCUT2D eigenvalue weighted by Crippen LogP contribution is 2.25. The van der Waals surface area contributed by atoms with Gasteiger partial charge in [-0.05, 0) is 58.7 Å². The Kier molecular flexibility index (Phi) is 6.86. The van der Waals surface area contributed by atoms with Gasteiger partial charge >= 0.3 is 5.97 Å². The van der Waals surface area contributed by atoms with E-state index in [1.54, 1.807) is 45.0 Å². The van der Waals surface area contributed by atoms with Crippen molar-refractivity contribution in [2.75, 3.05) is 6.61 Å². The molecule has 1 aliphatic rings. The number of aromatic nitrogens is 1. The van der Waals surface area contributed by atoms with Gasteiger partial charge in [-0.3, -0.25) is 4.79 Å². The fourth-order valence-corrected chi connectivity index (χ4v) is 2.87. The van der Waals surface area contributed by atoms with E-state index in [9.17, 15) is 10.1 Å². The second-order valence-electron chi connectivity index (χ2n) is 6.81. The maximum absolute atomic E-state index is 12.5. The minimum absolute atomic E-state index is 0.258. The van der Waals surface area contributed by atoms with Crippen molar-refractivity contribution < 1.29 is 9.53 Å². The Bertz CT molecular complexity index is 850. The Morgan fingerprint density at radius 1 is 1.48 bits per heavy atom. The molecule has 1 aliphatic heterocycles. The number of esters is 1. The maximum atomic E-state index is 12.5. The van der Waals surface area contributed by atoms with Crippen molar-refractivity contribution in [1.82, 2.24) is 4.98 Å². The van der Waals surface area contributed by atoms with E-state index in [4.69, 9.17) is 16.3 Å². The van der Waals surface area contributed by atoms with Crippen LogP contribution in [0.25, 0.3) is 0 Å². The molecule has 6 nitrogen and oxygen atoms in total. The molecule has 0 aromatic carbocycles. The lowest BCUT2D eigenvalue weighted by molar-refractivity contribution is -0.145. The summed E-state index contributed by atoms with van der Waals surface area (Å²) in [6, 6.07) is 7.52. The summed E-state index contributed by atoms with van der Waals surface area (Å²) >= 11 is 6.20. The van der Waals surface area contributed by atoms with E-state index in [1.165, 1.54) is 0 Å². The molecular weight excluding hydrogens is 364 g/mol. The van der Waals surface area contributed by atoms with Gasteiger partial charge < -0.3 is 4.74 Å². The van der Waals surface area contributed by atoms with Crippen LogP contribution in [0.5, 0.6) is 0 Å². The van der Waals surface area contributed by atoms with E-state index in [0.717, 1.165) is 5.71 Å². The average molecular weight is 387 g/mol. The summed E-state index contributed by atoms with van der Waals surface area (Å²) in [4.78, 5) is 25.8. The first-order valence-electron chi connectivity index (χ1n) is 8.82. The fraction of sp³-hybridized carbons (Fsp3) is 0.450. The second-order valence-corrected chi connectivity index (χ2v) is 7.20. The van der Waals surface area contributed by atoms with E-state index >= 15 is 0 Å². The fourth-order valence-electron chi connectivity index (χ4n) is 2.61.